The van der Waals surface area contributed by atoms with Crippen molar-refractivity contribution >= 4 is 21.7 Å². The molecule has 2 N–H and O–H groups in total. The second-order valence-corrected chi connectivity index (χ2v) is 12.0. The zero-order valence-corrected chi connectivity index (χ0v) is 22.1. The number of carboxylic acid groups (broad SMARTS) is 1. The number of carbonyl (C=O) groups is 2. The van der Waals surface area contributed by atoms with E-state index in [0.717, 1.165) is 22.9 Å². The maximum absolute atomic E-state index is 13.3. The minimum absolute atomic E-state index is 0.242. The maximum Gasteiger partial charge on any atom is 0.326 e. The Morgan fingerprint density at radius 2 is 1.71 bits per heavy atom. The summed E-state index contributed by atoms with van der Waals surface area (Å²) >= 11 is 0. The van der Waals surface area contributed by atoms with Crippen LogP contribution in [0.15, 0.2) is 73.1 Å². The van der Waals surface area contributed by atoms with Crippen molar-refractivity contribution in [2.24, 2.45) is 0 Å². The van der Waals surface area contributed by atoms with Gasteiger partial charge in [0.1, 0.15) is 28.1 Å². The van der Waals surface area contributed by atoms with E-state index < -0.39 is 45.8 Å². The van der Waals surface area contributed by atoms with Crippen molar-refractivity contribution in [1.82, 2.24) is 10.3 Å². The number of aromatic nitrogens is 1. The van der Waals surface area contributed by atoms with E-state index in [-0.39, 0.29) is 17.7 Å². The van der Waals surface area contributed by atoms with Gasteiger partial charge in [-0.25, -0.2) is 13.2 Å². The van der Waals surface area contributed by atoms with Gasteiger partial charge in [0.25, 0.3) is 5.91 Å². The molecule has 38 heavy (non-hydrogen) atoms. The van der Waals surface area contributed by atoms with Gasteiger partial charge in [0.15, 0.2) is 5.79 Å². The van der Waals surface area contributed by atoms with Gasteiger partial charge in [-0.2, -0.15) is 0 Å². The molecule has 3 unspecified atom stereocenters. The van der Waals surface area contributed by atoms with Gasteiger partial charge in [-0.15, -0.1) is 0 Å². The number of hydrogen-bond donors (Lipinski definition) is 2. The molecule has 10 heteroatoms. The Morgan fingerprint density at radius 1 is 1.03 bits per heavy atom. The van der Waals surface area contributed by atoms with E-state index in [1.165, 1.54) is 0 Å². The first kappa shape index (κ1) is 27.4. The van der Waals surface area contributed by atoms with Crippen LogP contribution < -0.4 is 5.32 Å². The molecule has 1 amide bonds. The Morgan fingerprint density at radius 3 is 2.32 bits per heavy atom. The Kier molecular flexibility index (Phi) is 7.96. The fourth-order valence-corrected chi connectivity index (χ4v) is 5.08. The van der Waals surface area contributed by atoms with Crippen LogP contribution in [0.1, 0.15) is 54.0 Å². The lowest BCUT2D eigenvalue weighted by atomic mass is 9.92. The van der Waals surface area contributed by atoms with Crippen molar-refractivity contribution in [2.75, 3.05) is 12.0 Å². The lowest BCUT2D eigenvalue weighted by Gasteiger charge is -2.20. The third-order valence-corrected chi connectivity index (χ3v) is 7.17. The number of amides is 1. The Hall–Kier alpha value is -3.60. The Balaban J connectivity index is 1.71. The average molecular weight is 539 g/mol. The monoisotopic (exact) mass is 538 g/mol. The van der Waals surface area contributed by atoms with Crippen molar-refractivity contribution < 1.29 is 32.6 Å². The summed E-state index contributed by atoms with van der Waals surface area (Å²) in [6.45, 7) is 3.66. The summed E-state index contributed by atoms with van der Waals surface area (Å²) in [5, 5.41) is 12.1. The quantitative estimate of drug-likeness (QED) is 0.419. The van der Waals surface area contributed by atoms with Crippen LogP contribution in [0.3, 0.4) is 0 Å². The number of nitrogens with zero attached hydrogens (tertiary/aromatic N) is 1. The number of nitrogens with one attached hydrogen (secondary N) is 1. The number of carbonyl (C=O) groups excluding carboxylic acids is 1. The first-order valence-electron chi connectivity index (χ1n) is 12.1. The highest BCUT2D eigenvalue weighted by molar-refractivity contribution is 7.90. The molecule has 9 nitrogen and oxygen atoms in total. The number of pyridine rings is 1. The summed E-state index contributed by atoms with van der Waals surface area (Å²) < 4.78 is 35.6. The standard InChI is InChI=1S/C28H30N2O7S/c1-28(2)36-24(25(37-28)20-10-7-14-29-17-20)19-11-12-21(22(16-19)18-8-5-4-6-9-18)26(31)30-23(27(32)33)13-15-38(3,34)35/h4-12,14,16-17,23-25H,13,15H2,1-3H3,(H,30,31)(H,32,33). The molecule has 0 spiro atoms. The van der Waals surface area contributed by atoms with Crippen molar-refractivity contribution in [1.29, 1.82) is 0 Å². The van der Waals surface area contributed by atoms with Crippen LogP contribution in [0.4, 0.5) is 0 Å². The SMILES string of the molecule is CC1(C)OC(c2cccnc2)C(c2ccc(C(=O)NC(CCS(C)(=O)=O)C(=O)O)c(-c3ccccc3)c2)O1. The number of hydrogen-bond acceptors (Lipinski definition) is 7. The predicted molar refractivity (Wildman–Crippen MR) is 141 cm³/mol. The van der Waals surface area contributed by atoms with E-state index in [2.05, 4.69) is 10.3 Å². The second-order valence-electron chi connectivity index (χ2n) is 9.72. The molecule has 1 aliphatic rings. The molecule has 3 aromatic rings. The van der Waals surface area contributed by atoms with Crippen LogP contribution >= 0.6 is 0 Å². The number of aliphatic carboxylic acids is 1. The minimum Gasteiger partial charge on any atom is -0.480 e. The Bertz CT molecular complexity index is 1410. The molecule has 1 aromatic heterocycles. The number of carboxylic acids is 1. The molecule has 0 bridgehead atoms. The summed E-state index contributed by atoms with van der Waals surface area (Å²) in [5.74, 6) is -3.15. The summed E-state index contributed by atoms with van der Waals surface area (Å²) in [6, 6.07) is 16.8. The molecule has 1 saturated heterocycles. The molecule has 0 radical (unpaired) electrons. The predicted octanol–water partition coefficient (Wildman–Crippen LogP) is 3.93. The fourth-order valence-electron chi connectivity index (χ4n) is 4.41. The highest BCUT2D eigenvalue weighted by Crippen LogP contribution is 2.47. The highest BCUT2D eigenvalue weighted by atomic mass is 32.2. The van der Waals surface area contributed by atoms with Gasteiger partial charge in [-0.3, -0.25) is 9.78 Å². The van der Waals surface area contributed by atoms with Crippen LogP contribution in [-0.4, -0.2) is 54.2 Å². The lowest BCUT2D eigenvalue weighted by Crippen LogP contribution is -2.42. The van der Waals surface area contributed by atoms with E-state index in [1.807, 2.05) is 62.4 Å². The molecule has 200 valence electrons. The summed E-state index contributed by atoms with van der Waals surface area (Å²) in [7, 11) is -3.40. The molecule has 3 atom stereocenters. The van der Waals surface area contributed by atoms with Crippen molar-refractivity contribution in [3.8, 4) is 11.1 Å². The fraction of sp³-hybridized carbons (Fsp3) is 0.321. The molecular weight excluding hydrogens is 508 g/mol. The molecule has 4 rings (SSSR count). The van der Waals surface area contributed by atoms with E-state index in [0.29, 0.717) is 5.56 Å². The lowest BCUT2D eigenvalue weighted by molar-refractivity contribution is -0.147. The van der Waals surface area contributed by atoms with Crippen molar-refractivity contribution in [3.05, 3.63) is 89.7 Å². The van der Waals surface area contributed by atoms with Crippen LogP contribution in [0.25, 0.3) is 11.1 Å². The summed E-state index contributed by atoms with van der Waals surface area (Å²) in [4.78, 5) is 29.3. The van der Waals surface area contributed by atoms with Gasteiger partial charge in [-0.1, -0.05) is 42.5 Å². The number of benzene rings is 2. The molecule has 0 aliphatic carbocycles. The van der Waals surface area contributed by atoms with Gasteiger partial charge in [0.2, 0.25) is 0 Å². The normalized spacial score (nSPS) is 19.6. The van der Waals surface area contributed by atoms with E-state index >= 15 is 0 Å². The largest absolute Gasteiger partial charge is 0.480 e. The smallest absolute Gasteiger partial charge is 0.326 e. The molecular formula is C28H30N2O7S. The van der Waals surface area contributed by atoms with Gasteiger partial charge in [0.05, 0.1) is 5.75 Å². The Labute approximate surface area is 221 Å². The summed E-state index contributed by atoms with van der Waals surface area (Å²) in [6.07, 6.45) is 3.26. The van der Waals surface area contributed by atoms with Gasteiger partial charge in [0, 0.05) is 29.8 Å². The van der Waals surface area contributed by atoms with Crippen LogP contribution in [0.2, 0.25) is 0 Å². The summed E-state index contributed by atoms with van der Waals surface area (Å²) in [5.41, 5.74) is 3.19. The molecule has 1 fully saturated rings. The highest BCUT2D eigenvalue weighted by Gasteiger charge is 2.43. The zero-order chi connectivity index (χ0) is 27.5. The first-order chi connectivity index (χ1) is 17.9. The van der Waals surface area contributed by atoms with Crippen molar-refractivity contribution in [2.45, 2.75) is 44.3 Å². The number of sulfone groups is 1. The molecule has 2 aromatic carbocycles. The van der Waals surface area contributed by atoms with Gasteiger partial charge < -0.3 is 19.9 Å². The number of ether oxygens (including phenoxy) is 2. The van der Waals surface area contributed by atoms with Crippen molar-refractivity contribution in [3.63, 3.8) is 0 Å². The third kappa shape index (κ3) is 6.63. The van der Waals surface area contributed by atoms with Crippen LogP contribution in [0.5, 0.6) is 0 Å². The second kappa shape index (κ2) is 11.0. The van der Waals surface area contributed by atoms with Crippen LogP contribution in [-0.2, 0) is 24.1 Å². The van der Waals surface area contributed by atoms with E-state index in [9.17, 15) is 23.1 Å². The van der Waals surface area contributed by atoms with E-state index in [1.54, 1.807) is 24.5 Å². The van der Waals surface area contributed by atoms with Gasteiger partial charge in [-0.05, 0) is 55.2 Å². The minimum atomic E-state index is -3.40. The van der Waals surface area contributed by atoms with Crippen LogP contribution in [0, 0.1) is 0 Å². The van der Waals surface area contributed by atoms with E-state index in [4.69, 9.17) is 9.47 Å². The molecule has 2 heterocycles. The topological polar surface area (TPSA) is 132 Å². The molecule has 1 aliphatic heterocycles. The maximum atomic E-state index is 13.3. The first-order valence-corrected chi connectivity index (χ1v) is 14.2. The number of rotatable bonds is 9. The zero-order valence-electron chi connectivity index (χ0n) is 21.3. The average Bonchev–Trinajstić information content (AvgIpc) is 3.21. The van der Waals surface area contributed by atoms with Gasteiger partial charge >= 0.3 is 5.97 Å². The molecule has 0 saturated carbocycles. The third-order valence-electron chi connectivity index (χ3n) is 6.19.